The van der Waals surface area contributed by atoms with E-state index in [0.29, 0.717) is 32.1 Å². The molecule has 0 aromatic heterocycles. The first-order valence-electron chi connectivity index (χ1n) is 7.77. The molecule has 1 fully saturated rings. The number of hydrogen-bond donors (Lipinski definition) is 1. The number of rotatable bonds is 6. The average molecular weight is 396 g/mol. The molecular formula is C15H19F3N2O5S. The van der Waals surface area contributed by atoms with Crippen molar-refractivity contribution in [2.75, 3.05) is 37.1 Å². The van der Waals surface area contributed by atoms with Gasteiger partial charge in [-0.2, -0.15) is 13.2 Å². The minimum atomic E-state index is -4.78. The van der Waals surface area contributed by atoms with Gasteiger partial charge in [0.1, 0.15) is 9.84 Å². The molecule has 1 N–H and O–H groups in total. The zero-order valence-corrected chi connectivity index (χ0v) is 14.8. The SMILES string of the molecule is CS(=O)(=O)CC1(CNc2ccc([N+](=O)[O-])cc2C(F)(F)F)CCOCC1. The lowest BCUT2D eigenvalue weighted by molar-refractivity contribution is -0.385. The number of nitrogens with zero attached hydrogens (tertiary/aromatic N) is 1. The number of alkyl halides is 3. The van der Waals surface area contributed by atoms with Crippen molar-refractivity contribution in [1.29, 1.82) is 0 Å². The van der Waals surface area contributed by atoms with Gasteiger partial charge >= 0.3 is 6.18 Å². The monoisotopic (exact) mass is 396 g/mol. The Morgan fingerprint density at radius 2 is 1.92 bits per heavy atom. The van der Waals surface area contributed by atoms with Crippen molar-refractivity contribution in [3.8, 4) is 0 Å². The number of sulfone groups is 1. The summed E-state index contributed by atoms with van der Waals surface area (Å²) < 4.78 is 68.4. The molecule has 1 heterocycles. The van der Waals surface area contributed by atoms with Crippen LogP contribution in [-0.2, 0) is 20.8 Å². The van der Waals surface area contributed by atoms with E-state index in [0.717, 1.165) is 18.4 Å². The number of hydrogen-bond acceptors (Lipinski definition) is 6. The van der Waals surface area contributed by atoms with Crippen molar-refractivity contribution < 1.29 is 31.2 Å². The predicted molar refractivity (Wildman–Crippen MR) is 88.8 cm³/mol. The van der Waals surface area contributed by atoms with Crippen molar-refractivity contribution in [2.45, 2.75) is 19.0 Å². The molecule has 0 saturated carbocycles. The quantitative estimate of drug-likeness (QED) is 0.586. The fraction of sp³-hybridized carbons (Fsp3) is 0.600. The van der Waals surface area contributed by atoms with Crippen LogP contribution in [0.4, 0.5) is 24.5 Å². The highest BCUT2D eigenvalue weighted by Gasteiger charge is 2.38. The van der Waals surface area contributed by atoms with Gasteiger partial charge < -0.3 is 10.1 Å². The van der Waals surface area contributed by atoms with Crippen molar-refractivity contribution in [1.82, 2.24) is 0 Å². The fourth-order valence-electron chi connectivity index (χ4n) is 3.05. The molecule has 1 saturated heterocycles. The van der Waals surface area contributed by atoms with Crippen LogP contribution in [0.3, 0.4) is 0 Å². The molecule has 26 heavy (non-hydrogen) atoms. The number of anilines is 1. The maximum Gasteiger partial charge on any atom is 0.418 e. The maximum absolute atomic E-state index is 13.2. The van der Waals surface area contributed by atoms with Crippen molar-refractivity contribution in [2.24, 2.45) is 5.41 Å². The number of nitro groups is 1. The number of nitro benzene ring substituents is 1. The van der Waals surface area contributed by atoms with Gasteiger partial charge in [0.05, 0.1) is 16.2 Å². The molecule has 1 aromatic carbocycles. The van der Waals surface area contributed by atoms with E-state index in [9.17, 15) is 31.7 Å². The van der Waals surface area contributed by atoms with E-state index in [1.165, 1.54) is 0 Å². The summed E-state index contributed by atoms with van der Waals surface area (Å²) >= 11 is 0. The van der Waals surface area contributed by atoms with Crippen LogP contribution in [-0.4, -0.2) is 45.1 Å². The lowest BCUT2D eigenvalue weighted by atomic mass is 9.82. The summed E-state index contributed by atoms with van der Waals surface area (Å²) in [5.41, 5.74) is -2.90. The van der Waals surface area contributed by atoms with Gasteiger partial charge in [0.2, 0.25) is 0 Å². The van der Waals surface area contributed by atoms with E-state index in [1.54, 1.807) is 0 Å². The van der Waals surface area contributed by atoms with Gasteiger partial charge in [0, 0.05) is 49.2 Å². The summed E-state index contributed by atoms with van der Waals surface area (Å²) in [6, 6.07) is 2.44. The topological polar surface area (TPSA) is 98.5 Å². The number of halogens is 3. The van der Waals surface area contributed by atoms with Crippen LogP contribution in [0, 0.1) is 15.5 Å². The van der Waals surface area contributed by atoms with Crippen molar-refractivity contribution in [3.05, 3.63) is 33.9 Å². The van der Waals surface area contributed by atoms with Crippen LogP contribution in [0.2, 0.25) is 0 Å². The van der Waals surface area contributed by atoms with Gasteiger partial charge in [-0.05, 0) is 18.9 Å². The Morgan fingerprint density at radius 1 is 1.31 bits per heavy atom. The third-order valence-electron chi connectivity index (χ3n) is 4.30. The maximum atomic E-state index is 13.2. The number of benzene rings is 1. The molecule has 1 aromatic rings. The summed E-state index contributed by atoms with van der Waals surface area (Å²) in [7, 11) is -3.35. The zero-order valence-electron chi connectivity index (χ0n) is 14.0. The van der Waals surface area contributed by atoms with E-state index >= 15 is 0 Å². The van der Waals surface area contributed by atoms with E-state index in [2.05, 4.69) is 5.32 Å². The van der Waals surface area contributed by atoms with Crippen molar-refractivity contribution in [3.63, 3.8) is 0 Å². The van der Waals surface area contributed by atoms with Crippen molar-refractivity contribution >= 4 is 21.2 Å². The number of nitrogens with one attached hydrogen (secondary N) is 1. The normalized spacial score (nSPS) is 17.7. The summed E-state index contributed by atoms with van der Waals surface area (Å²) in [6.07, 6.45) is -2.92. The molecule has 0 amide bonds. The Hall–Kier alpha value is -1.88. The molecular weight excluding hydrogens is 377 g/mol. The molecule has 0 atom stereocenters. The van der Waals surface area contributed by atoms with Gasteiger partial charge in [-0.1, -0.05) is 0 Å². The molecule has 0 radical (unpaired) electrons. The van der Waals surface area contributed by atoms with Gasteiger partial charge in [-0.15, -0.1) is 0 Å². The van der Waals surface area contributed by atoms with Gasteiger partial charge in [0.25, 0.3) is 5.69 Å². The Balaban J connectivity index is 2.30. The number of non-ortho nitro benzene ring substituents is 1. The molecule has 1 aliphatic rings. The highest BCUT2D eigenvalue weighted by molar-refractivity contribution is 7.90. The lowest BCUT2D eigenvalue weighted by Crippen LogP contribution is -2.41. The Kier molecular flexibility index (Phi) is 5.81. The minimum Gasteiger partial charge on any atom is -0.384 e. The fourth-order valence-corrected chi connectivity index (χ4v) is 4.55. The molecule has 0 aliphatic carbocycles. The van der Waals surface area contributed by atoms with Crippen LogP contribution in [0.1, 0.15) is 18.4 Å². The Bertz CT molecular complexity index is 774. The van der Waals surface area contributed by atoms with Crippen LogP contribution in [0.5, 0.6) is 0 Å². The highest BCUT2D eigenvalue weighted by atomic mass is 32.2. The molecule has 7 nitrogen and oxygen atoms in total. The second-order valence-corrected chi connectivity index (χ2v) is 8.66. The minimum absolute atomic E-state index is 0.00960. The third kappa shape index (κ3) is 5.31. The van der Waals surface area contributed by atoms with Gasteiger partial charge in [-0.3, -0.25) is 10.1 Å². The number of ether oxygens (including phenoxy) is 1. The Morgan fingerprint density at radius 3 is 2.42 bits per heavy atom. The molecule has 1 aliphatic heterocycles. The molecule has 0 unspecified atom stereocenters. The van der Waals surface area contributed by atoms with Crippen LogP contribution in [0.25, 0.3) is 0 Å². The lowest BCUT2D eigenvalue weighted by Gasteiger charge is -2.37. The predicted octanol–water partition coefficient (Wildman–Crippen LogP) is 2.87. The first-order chi connectivity index (χ1) is 11.9. The van der Waals surface area contributed by atoms with Gasteiger partial charge in [0.15, 0.2) is 0 Å². The molecule has 0 spiro atoms. The first-order valence-corrected chi connectivity index (χ1v) is 9.83. The second kappa shape index (κ2) is 7.39. The largest absolute Gasteiger partial charge is 0.418 e. The van der Waals surface area contributed by atoms with Crippen LogP contribution < -0.4 is 5.32 Å². The summed E-state index contributed by atoms with van der Waals surface area (Å²) in [6.45, 7) is 0.636. The molecule has 0 bridgehead atoms. The second-order valence-electron chi connectivity index (χ2n) is 6.52. The average Bonchev–Trinajstić information content (AvgIpc) is 2.51. The molecule has 146 valence electrons. The highest BCUT2D eigenvalue weighted by Crippen LogP contribution is 2.39. The third-order valence-corrected chi connectivity index (χ3v) is 5.43. The smallest absolute Gasteiger partial charge is 0.384 e. The van der Waals surface area contributed by atoms with E-state index in [1.807, 2.05) is 0 Å². The zero-order chi connectivity index (χ0) is 19.6. The molecule has 11 heteroatoms. The summed E-state index contributed by atoms with van der Waals surface area (Å²) in [4.78, 5) is 9.84. The standard InChI is InChI=1S/C15H19F3N2O5S/c1-26(23,24)10-14(4-6-25-7-5-14)9-19-13-3-2-11(20(21)22)8-12(13)15(16,17)18/h2-3,8,19H,4-7,9-10H2,1H3. The van der Waals surface area contributed by atoms with Crippen LogP contribution >= 0.6 is 0 Å². The van der Waals surface area contributed by atoms with E-state index in [4.69, 9.17) is 4.74 Å². The van der Waals surface area contributed by atoms with Gasteiger partial charge in [-0.25, -0.2) is 8.42 Å². The van der Waals surface area contributed by atoms with E-state index in [-0.39, 0.29) is 18.0 Å². The summed E-state index contributed by atoms with van der Waals surface area (Å²) in [5, 5.41) is 13.4. The Labute approximate surface area is 148 Å². The van der Waals surface area contributed by atoms with E-state index < -0.39 is 37.6 Å². The van der Waals surface area contributed by atoms with Crippen LogP contribution in [0.15, 0.2) is 18.2 Å². The molecule has 2 rings (SSSR count). The first kappa shape index (κ1) is 20.4. The summed E-state index contributed by atoms with van der Waals surface area (Å²) in [5.74, 6) is -0.176.